The van der Waals surface area contributed by atoms with Crippen molar-refractivity contribution >= 4 is 28.4 Å². The van der Waals surface area contributed by atoms with E-state index in [0.29, 0.717) is 0 Å². The van der Waals surface area contributed by atoms with Gasteiger partial charge >= 0.3 is 3.98 Å². The van der Waals surface area contributed by atoms with Gasteiger partial charge in [0.25, 0.3) is 0 Å². The van der Waals surface area contributed by atoms with Crippen molar-refractivity contribution in [2.24, 2.45) is 0 Å². The highest BCUT2D eigenvalue weighted by molar-refractivity contribution is 7.24. The summed E-state index contributed by atoms with van der Waals surface area (Å²) in [5, 5.41) is 4.31. The van der Waals surface area contributed by atoms with E-state index in [2.05, 4.69) is 39.6 Å². The lowest BCUT2D eigenvalue weighted by atomic mass is 10.2. The molecule has 102 valence electrons. The summed E-state index contributed by atoms with van der Waals surface area (Å²) in [5.41, 5.74) is 2.87. The average molecular weight is 320 g/mol. The fourth-order valence-corrected chi connectivity index (χ4v) is 3.72. The second kappa shape index (κ2) is 6.10. The highest BCUT2D eigenvalue weighted by atomic mass is 35.7. The molecule has 0 fully saturated rings. The first-order valence-corrected chi connectivity index (χ1v) is 8.27. The van der Waals surface area contributed by atoms with Crippen LogP contribution in [0.5, 0.6) is 0 Å². The van der Waals surface area contributed by atoms with E-state index in [1.165, 1.54) is 21.7 Å². The molecule has 2 aromatic rings. The summed E-state index contributed by atoms with van der Waals surface area (Å²) < 4.78 is 37.8. The van der Waals surface area contributed by atoms with Crippen LogP contribution >= 0.6 is 22.7 Å². The Bertz CT molecular complexity index is 595. The Morgan fingerprint density at radius 1 is 1.00 bits per heavy atom. The van der Waals surface area contributed by atoms with Crippen molar-refractivity contribution in [2.75, 3.05) is 6.54 Å². The van der Waals surface area contributed by atoms with Gasteiger partial charge in [-0.3, -0.25) is 0 Å². The SMILES string of the molecule is [O-][Cl+3]([O-])([O-])[O-].c1ccc2c(c1)CC[N+]2=c1sccs1. The molecule has 1 aromatic carbocycles. The standard InChI is InChI=1S/C11H10NS2.ClHO4/c1-2-4-10-9(3-1)5-6-12(10)11-13-7-8-14-11;2-1(3,4)5/h1-4,7-8H,5-6H2;(H,2,3,4,5)/q+1;/p-1. The number of fused-ring (bicyclic) bond motifs is 1. The third-order valence-electron chi connectivity index (χ3n) is 2.50. The number of benzene rings is 1. The molecule has 1 aromatic heterocycles. The Balaban J connectivity index is 0.000000232. The smallest absolute Gasteiger partial charge is 0.222 e. The maximum atomic E-state index is 8.49. The fraction of sp³-hybridized carbons (Fsp3) is 0.182. The van der Waals surface area contributed by atoms with Gasteiger partial charge in [-0.1, -0.05) is 40.9 Å². The van der Waals surface area contributed by atoms with E-state index >= 15 is 0 Å². The molecule has 0 atom stereocenters. The molecule has 0 radical (unpaired) electrons. The van der Waals surface area contributed by atoms with Gasteiger partial charge in [-0.05, 0) is 0 Å². The van der Waals surface area contributed by atoms with E-state index in [1.807, 2.05) is 22.7 Å². The van der Waals surface area contributed by atoms with Gasteiger partial charge < -0.3 is 0 Å². The molecule has 1 aliphatic rings. The first kappa shape index (κ1) is 14.6. The first-order valence-electron chi connectivity index (χ1n) is 5.27. The molecule has 0 amide bonds. The summed E-state index contributed by atoms with van der Waals surface area (Å²) in [7, 11) is -4.94. The van der Waals surface area contributed by atoms with Crippen molar-refractivity contribution in [2.45, 2.75) is 6.42 Å². The van der Waals surface area contributed by atoms with E-state index in [4.69, 9.17) is 18.6 Å². The number of halogens is 1. The molecule has 5 nitrogen and oxygen atoms in total. The monoisotopic (exact) mass is 319 g/mol. The molecular formula is C11H10ClNO4S2. The van der Waals surface area contributed by atoms with Crippen molar-refractivity contribution in [3.05, 3.63) is 44.6 Å². The van der Waals surface area contributed by atoms with Crippen molar-refractivity contribution < 1.29 is 28.9 Å². The quantitative estimate of drug-likeness (QED) is 0.511. The minimum atomic E-state index is -4.94. The maximum absolute atomic E-state index is 8.49. The average Bonchev–Trinajstić information content (AvgIpc) is 2.95. The van der Waals surface area contributed by atoms with E-state index in [0.717, 1.165) is 6.54 Å². The van der Waals surface area contributed by atoms with Crippen LogP contribution in [0.4, 0.5) is 5.69 Å². The van der Waals surface area contributed by atoms with Crippen LogP contribution in [0, 0.1) is 10.2 Å². The van der Waals surface area contributed by atoms with Crippen molar-refractivity contribution in [3.8, 4) is 0 Å². The summed E-state index contributed by atoms with van der Waals surface area (Å²) in [4.78, 5) is 0. The number of rotatable bonds is 0. The third-order valence-corrected chi connectivity index (χ3v) is 4.64. The second-order valence-electron chi connectivity index (χ2n) is 3.68. The molecule has 0 aliphatic carbocycles. The lowest BCUT2D eigenvalue weighted by molar-refractivity contribution is -2.00. The van der Waals surface area contributed by atoms with Gasteiger partial charge in [-0.25, -0.2) is 18.6 Å². The Hall–Kier alpha value is -0.800. The zero-order valence-electron chi connectivity index (χ0n) is 9.65. The zero-order valence-corrected chi connectivity index (χ0v) is 12.0. The molecule has 0 unspecified atom stereocenters. The fourth-order valence-electron chi connectivity index (χ4n) is 1.85. The molecule has 0 bridgehead atoms. The van der Waals surface area contributed by atoms with Gasteiger partial charge in [0, 0.05) is 28.8 Å². The molecule has 0 N–H and O–H groups in total. The van der Waals surface area contributed by atoms with Crippen LogP contribution in [0.1, 0.15) is 5.56 Å². The lowest BCUT2D eigenvalue weighted by Gasteiger charge is -2.17. The van der Waals surface area contributed by atoms with Crippen LogP contribution in [0.3, 0.4) is 0 Å². The largest absolute Gasteiger partial charge is 0.319 e. The molecule has 0 saturated heterocycles. The minimum Gasteiger partial charge on any atom is -0.222 e. The van der Waals surface area contributed by atoms with Crippen LogP contribution < -0.4 is 27.2 Å². The van der Waals surface area contributed by atoms with Crippen LogP contribution in [-0.4, -0.2) is 6.54 Å². The van der Waals surface area contributed by atoms with E-state index in [9.17, 15) is 0 Å². The maximum Gasteiger partial charge on any atom is 0.319 e. The number of nitrogens with zero attached hydrogens (tertiary/aromatic N) is 1. The summed E-state index contributed by atoms with van der Waals surface area (Å²) >= 11 is 3.66. The second-order valence-corrected chi connectivity index (χ2v) is 6.49. The molecular weight excluding hydrogens is 310 g/mol. The first-order chi connectivity index (χ1) is 8.95. The van der Waals surface area contributed by atoms with E-state index in [-0.39, 0.29) is 0 Å². The normalized spacial score (nSPS) is 13.8. The number of hydrogen-bond donors (Lipinski definition) is 0. The van der Waals surface area contributed by atoms with Gasteiger partial charge in [0.2, 0.25) is 5.69 Å². The molecule has 0 saturated carbocycles. The van der Waals surface area contributed by atoms with Gasteiger partial charge in [0.15, 0.2) is 6.54 Å². The highest BCUT2D eigenvalue weighted by Gasteiger charge is 2.23. The van der Waals surface area contributed by atoms with E-state index < -0.39 is 10.2 Å². The molecule has 8 heteroatoms. The molecule has 19 heavy (non-hydrogen) atoms. The number of para-hydroxylation sites is 1. The predicted molar refractivity (Wildman–Crippen MR) is 62.1 cm³/mol. The van der Waals surface area contributed by atoms with Crippen LogP contribution in [-0.2, 0) is 6.42 Å². The van der Waals surface area contributed by atoms with Gasteiger partial charge in [0.1, 0.15) is 0 Å². The Morgan fingerprint density at radius 3 is 2.21 bits per heavy atom. The van der Waals surface area contributed by atoms with Crippen molar-refractivity contribution in [1.82, 2.24) is 4.58 Å². The molecule has 0 spiro atoms. The topological polar surface area (TPSA) is 95.2 Å². The Kier molecular flexibility index (Phi) is 4.69. The highest BCUT2D eigenvalue weighted by Crippen LogP contribution is 2.23. The van der Waals surface area contributed by atoms with Crippen LogP contribution in [0.25, 0.3) is 0 Å². The van der Waals surface area contributed by atoms with Gasteiger partial charge in [-0.2, -0.15) is 4.58 Å². The van der Waals surface area contributed by atoms with Crippen LogP contribution in [0.15, 0.2) is 35.0 Å². The summed E-state index contributed by atoms with van der Waals surface area (Å²) in [6.07, 6.45) is 1.18. The summed E-state index contributed by atoms with van der Waals surface area (Å²) in [5.74, 6) is 0. The lowest BCUT2D eigenvalue weighted by Crippen LogP contribution is -2.68. The zero-order chi connectivity index (χ0) is 13.9. The van der Waals surface area contributed by atoms with E-state index in [1.54, 1.807) is 0 Å². The van der Waals surface area contributed by atoms with Crippen molar-refractivity contribution in [1.29, 1.82) is 0 Å². The predicted octanol–water partition coefficient (Wildman–Crippen LogP) is -2.29. The molecule has 1 aliphatic heterocycles. The van der Waals surface area contributed by atoms with Crippen molar-refractivity contribution in [3.63, 3.8) is 0 Å². The van der Waals surface area contributed by atoms with Crippen LogP contribution in [0.2, 0.25) is 0 Å². The summed E-state index contributed by atoms with van der Waals surface area (Å²) in [6, 6.07) is 8.69. The Labute approximate surface area is 119 Å². The Morgan fingerprint density at radius 2 is 1.58 bits per heavy atom. The number of hydrogen-bond acceptors (Lipinski definition) is 6. The molecule has 3 rings (SSSR count). The minimum absolute atomic E-state index is 1.14. The summed E-state index contributed by atoms with van der Waals surface area (Å²) in [6.45, 7) is 1.14. The van der Waals surface area contributed by atoms with Gasteiger partial charge in [0.05, 0.1) is 0 Å². The third kappa shape index (κ3) is 4.36. The van der Waals surface area contributed by atoms with Gasteiger partial charge in [-0.15, -0.1) is 10.2 Å². The molecule has 2 heterocycles.